The third-order valence-electron chi connectivity index (χ3n) is 1.31. The Kier molecular flexibility index (Phi) is 6.56. The van der Waals surface area contributed by atoms with Crippen LogP contribution in [0.25, 0.3) is 0 Å². The minimum Gasteiger partial charge on any atom is -0.385 e. The highest BCUT2D eigenvalue weighted by atomic mass is 127. The van der Waals surface area contributed by atoms with E-state index in [-0.39, 0.29) is 5.60 Å². The normalized spacial score (nSPS) is 12.0. The van der Waals surface area contributed by atoms with Gasteiger partial charge in [-0.05, 0) is 20.3 Å². The van der Waals surface area contributed by atoms with Gasteiger partial charge in [0.2, 0.25) is 0 Å². The number of hydrogen-bond acceptors (Lipinski definition) is 2. The first-order valence-corrected chi connectivity index (χ1v) is 5.34. The summed E-state index contributed by atoms with van der Waals surface area (Å²) in [5, 5.41) is 0. The van der Waals surface area contributed by atoms with Gasteiger partial charge in [-0.1, -0.05) is 22.6 Å². The van der Waals surface area contributed by atoms with E-state index in [1.54, 1.807) is 7.11 Å². The largest absolute Gasteiger partial charge is 0.385 e. The summed E-state index contributed by atoms with van der Waals surface area (Å²) in [4.78, 5) is 0. The number of hydrogen-bond donors (Lipinski definition) is 0. The number of halogens is 1. The fraction of sp³-hybridized carbons (Fsp3) is 1.00. The maximum absolute atomic E-state index is 5.59. The molecular formula is C8H17IO2. The molecule has 0 saturated heterocycles. The van der Waals surface area contributed by atoms with Gasteiger partial charge < -0.3 is 9.47 Å². The zero-order valence-electron chi connectivity index (χ0n) is 7.52. The minimum absolute atomic E-state index is 0.0221. The summed E-state index contributed by atoms with van der Waals surface area (Å²) in [6, 6.07) is 0. The van der Waals surface area contributed by atoms with Crippen LogP contribution in [0.4, 0.5) is 0 Å². The van der Waals surface area contributed by atoms with E-state index in [2.05, 4.69) is 36.4 Å². The molecule has 0 bridgehead atoms. The highest BCUT2D eigenvalue weighted by molar-refractivity contribution is 14.1. The molecule has 11 heavy (non-hydrogen) atoms. The maximum Gasteiger partial charge on any atom is 0.0715 e. The molecule has 2 nitrogen and oxygen atoms in total. The number of methoxy groups -OCH3 is 1. The van der Waals surface area contributed by atoms with Crippen molar-refractivity contribution in [3.63, 3.8) is 0 Å². The fourth-order valence-corrected chi connectivity index (χ4v) is 0.810. The van der Waals surface area contributed by atoms with Gasteiger partial charge in [-0.25, -0.2) is 0 Å². The van der Waals surface area contributed by atoms with Crippen molar-refractivity contribution in [3.05, 3.63) is 0 Å². The molecule has 0 fully saturated rings. The second-order valence-electron chi connectivity index (χ2n) is 3.09. The minimum atomic E-state index is 0.0221. The summed E-state index contributed by atoms with van der Waals surface area (Å²) in [5.41, 5.74) is 0.0221. The Labute approximate surface area is 82.8 Å². The lowest BCUT2D eigenvalue weighted by molar-refractivity contribution is -0.00553. The molecule has 0 aromatic carbocycles. The van der Waals surface area contributed by atoms with Crippen molar-refractivity contribution < 1.29 is 9.47 Å². The second-order valence-corrected chi connectivity index (χ2v) is 3.85. The van der Waals surface area contributed by atoms with Gasteiger partial charge in [0, 0.05) is 24.8 Å². The van der Waals surface area contributed by atoms with Gasteiger partial charge in [-0.2, -0.15) is 0 Å². The molecule has 0 unspecified atom stereocenters. The van der Waals surface area contributed by atoms with Crippen LogP contribution in [0.2, 0.25) is 0 Å². The average Bonchev–Trinajstić information content (AvgIpc) is 1.99. The molecule has 0 rings (SSSR count). The molecule has 0 aromatic rings. The summed E-state index contributed by atoms with van der Waals surface area (Å²) >= 11 is 2.34. The van der Waals surface area contributed by atoms with E-state index in [1.165, 1.54) is 0 Å². The lowest BCUT2D eigenvalue weighted by Crippen LogP contribution is -2.26. The van der Waals surface area contributed by atoms with E-state index in [4.69, 9.17) is 9.47 Å². The van der Waals surface area contributed by atoms with Crippen molar-refractivity contribution in [1.82, 2.24) is 0 Å². The number of ether oxygens (including phenoxy) is 2. The van der Waals surface area contributed by atoms with E-state index >= 15 is 0 Å². The predicted molar refractivity (Wildman–Crippen MR) is 55.4 cm³/mol. The molecule has 0 aliphatic rings. The van der Waals surface area contributed by atoms with Gasteiger partial charge in [0.25, 0.3) is 0 Å². The highest BCUT2D eigenvalue weighted by Crippen LogP contribution is 2.12. The summed E-state index contributed by atoms with van der Waals surface area (Å²) in [7, 11) is 1.71. The predicted octanol–water partition coefficient (Wildman–Crippen LogP) is 2.25. The lowest BCUT2D eigenvalue weighted by Gasteiger charge is -2.22. The zero-order chi connectivity index (χ0) is 8.74. The summed E-state index contributed by atoms with van der Waals surface area (Å²) < 4.78 is 11.5. The molecule has 0 spiro atoms. The van der Waals surface area contributed by atoms with Crippen LogP contribution in [-0.4, -0.2) is 30.4 Å². The van der Waals surface area contributed by atoms with Gasteiger partial charge in [0.05, 0.1) is 5.60 Å². The third-order valence-corrected chi connectivity index (χ3v) is 3.14. The van der Waals surface area contributed by atoms with Crippen molar-refractivity contribution in [2.45, 2.75) is 25.9 Å². The van der Waals surface area contributed by atoms with Crippen LogP contribution in [0.1, 0.15) is 20.3 Å². The molecule has 0 aromatic heterocycles. The van der Waals surface area contributed by atoms with Crippen LogP contribution in [0.3, 0.4) is 0 Å². The summed E-state index contributed by atoms with van der Waals surface area (Å²) in [6.45, 7) is 5.79. The van der Waals surface area contributed by atoms with Gasteiger partial charge in [0.1, 0.15) is 0 Å². The Hall–Kier alpha value is 0.650. The number of rotatable bonds is 6. The summed E-state index contributed by atoms with van der Waals surface area (Å²) in [6.07, 6.45) is 0.983. The van der Waals surface area contributed by atoms with Crippen LogP contribution in [0, 0.1) is 0 Å². The monoisotopic (exact) mass is 272 g/mol. The topological polar surface area (TPSA) is 18.5 Å². The van der Waals surface area contributed by atoms with Crippen LogP contribution in [-0.2, 0) is 9.47 Å². The first-order valence-electron chi connectivity index (χ1n) is 3.81. The maximum atomic E-state index is 5.59. The summed E-state index contributed by atoms with van der Waals surface area (Å²) in [5.74, 6) is 0. The van der Waals surface area contributed by atoms with Crippen molar-refractivity contribution in [2.24, 2.45) is 0 Å². The molecular weight excluding hydrogens is 255 g/mol. The van der Waals surface area contributed by atoms with Crippen molar-refractivity contribution in [3.8, 4) is 0 Å². The van der Waals surface area contributed by atoms with E-state index in [0.717, 1.165) is 24.1 Å². The Morgan fingerprint density at radius 2 is 1.91 bits per heavy atom. The van der Waals surface area contributed by atoms with Crippen molar-refractivity contribution in [2.75, 3.05) is 24.8 Å². The molecule has 0 saturated carbocycles. The molecule has 3 heteroatoms. The first kappa shape index (κ1) is 11.6. The Bertz CT molecular complexity index is 94.1. The van der Waals surface area contributed by atoms with Gasteiger partial charge in [-0.3, -0.25) is 0 Å². The van der Waals surface area contributed by atoms with Crippen molar-refractivity contribution in [1.29, 1.82) is 0 Å². The SMILES string of the molecule is COCCCOC(C)(C)CI. The average molecular weight is 272 g/mol. The lowest BCUT2D eigenvalue weighted by atomic mass is 10.2. The van der Waals surface area contributed by atoms with Gasteiger partial charge in [-0.15, -0.1) is 0 Å². The zero-order valence-corrected chi connectivity index (χ0v) is 9.68. The van der Waals surface area contributed by atoms with E-state index < -0.39 is 0 Å². The number of alkyl halides is 1. The molecule has 0 aliphatic carbocycles. The van der Waals surface area contributed by atoms with Gasteiger partial charge >= 0.3 is 0 Å². The quantitative estimate of drug-likeness (QED) is 0.419. The third kappa shape index (κ3) is 7.03. The molecule has 0 aliphatic heterocycles. The molecule has 0 heterocycles. The van der Waals surface area contributed by atoms with Crippen LogP contribution >= 0.6 is 22.6 Å². The van der Waals surface area contributed by atoms with E-state index in [0.29, 0.717) is 0 Å². The van der Waals surface area contributed by atoms with Crippen LogP contribution < -0.4 is 0 Å². The molecule has 68 valence electrons. The van der Waals surface area contributed by atoms with Crippen molar-refractivity contribution >= 4 is 22.6 Å². The first-order chi connectivity index (χ1) is 5.12. The molecule has 0 N–H and O–H groups in total. The standard InChI is InChI=1S/C8H17IO2/c1-8(2,7-9)11-6-4-5-10-3/h4-7H2,1-3H3. The molecule has 0 radical (unpaired) electrons. The smallest absolute Gasteiger partial charge is 0.0715 e. The molecule has 0 atom stereocenters. The molecule has 0 amide bonds. The Morgan fingerprint density at radius 3 is 2.36 bits per heavy atom. The highest BCUT2D eigenvalue weighted by Gasteiger charge is 2.15. The van der Waals surface area contributed by atoms with Crippen LogP contribution in [0.15, 0.2) is 0 Å². The fourth-order valence-electron chi connectivity index (χ4n) is 0.590. The van der Waals surface area contributed by atoms with E-state index in [9.17, 15) is 0 Å². The Morgan fingerprint density at radius 1 is 1.27 bits per heavy atom. The van der Waals surface area contributed by atoms with Crippen LogP contribution in [0.5, 0.6) is 0 Å². The van der Waals surface area contributed by atoms with Gasteiger partial charge in [0.15, 0.2) is 0 Å². The Balaban J connectivity index is 3.23. The second kappa shape index (κ2) is 6.20. The van der Waals surface area contributed by atoms with E-state index in [1.807, 2.05) is 0 Å².